The third-order valence-electron chi connectivity index (χ3n) is 3.56. The predicted molar refractivity (Wildman–Crippen MR) is 84.7 cm³/mol. The summed E-state index contributed by atoms with van der Waals surface area (Å²) in [5.74, 6) is 0.441. The van der Waals surface area contributed by atoms with Crippen molar-refractivity contribution in [2.24, 2.45) is 0 Å². The number of rotatable bonds is 9. The Balaban J connectivity index is 2.47. The van der Waals surface area contributed by atoms with Crippen molar-refractivity contribution in [3.8, 4) is 5.75 Å². The van der Waals surface area contributed by atoms with Gasteiger partial charge in [-0.3, -0.25) is 9.59 Å². The molecule has 5 nitrogen and oxygen atoms in total. The normalized spacial score (nSPS) is 11.6. The number of para-hydroxylation sites is 1. The Hall–Kier alpha value is -2.04. The first-order chi connectivity index (χ1) is 10.6. The average molecular weight is 307 g/mol. The van der Waals surface area contributed by atoms with E-state index in [1.54, 1.807) is 4.90 Å². The molecule has 0 heterocycles. The van der Waals surface area contributed by atoms with Crippen molar-refractivity contribution in [2.75, 3.05) is 20.3 Å². The maximum absolute atomic E-state index is 12.3. The number of methoxy groups -OCH3 is 1. The van der Waals surface area contributed by atoms with E-state index in [1.165, 1.54) is 7.11 Å². The van der Waals surface area contributed by atoms with Crippen LogP contribution in [0.15, 0.2) is 30.3 Å². The van der Waals surface area contributed by atoms with Crippen molar-refractivity contribution in [2.45, 2.75) is 39.2 Å². The van der Waals surface area contributed by atoms with Crippen molar-refractivity contribution in [1.82, 2.24) is 4.90 Å². The Labute approximate surface area is 132 Å². The largest absolute Gasteiger partial charge is 0.493 e. The summed E-state index contributed by atoms with van der Waals surface area (Å²) in [5, 5.41) is 0. The molecule has 0 aliphatic rings. The van der Waals surface area contributed by atoms with Gasteiger partial charge in [0.1, 0.15) is 5.75 Å². The Morgan fingerprint density at radius 3 is 2.45 bits per heavy atom. The second-order valence-corrected chi connectivity index (χ2v) is 5.08. The number of carbonyl (C=O) groups is 2. The standard InChI is InChI=1S/C17H25NO4/c1-4-14(2)18(12-10-17(20)21-3)16(19)11-13-22-15-8-6-5-7-9-15/h5-9,14H,4,10-13H2,1-3H3. The molecular weight excluding hydrogens is 282 g/mol. The van der Waals surface area contributed by atoms with Gasteiger partial charge < -0.3 is 14.4 Å². The molecule has 1 unspecified atom stereocenters. The molecule has 0 spiro atoms. The van der Waals surface area contributed by atoms with Gasteiger partial charge in [-0.1, -0.05) is 25.1 Å². The van der Waals surface area contributed by atoms with Crippen LogP contribution in [0.5, 0.6) is 5.75 Å². The summed E-state index contributed by atoms with van der Waals surface area (Å²) in [6, 6.07) is 9.49. The molecule has 0 aliphatic heterocycles. The van der Waals surface area contributed by atoms with Gasteiger partial charge >= 0.3 is 5.97 Å². The fraction of sp³-hybridized carbons (Fsp3) is 0.529. The zero-order chi connectivity index (χ0) is 16.4. The highest BCUT2D eigenvalue weighted by molar-refractivity contribution is 5.77. The van der Waals surface area contributed by atoms with E-state index >= 15 is 0 Å². The van der Waals surface area contributed by atoms with Gasteiger partial charge in [0.25, 0.3) is 0 Å². The molecule has 0 radical (unpaired) electrons. The monoisotopic (exact) mass is 307 g/mol. The van der Waals surface area contributed by atoms with Crippen LogP contribution < -0.4 is 4.74 Å². The van der Waals surface area contributed by atoms with Crippen LogP contribution in [0.2, 0.25) is 0 Å². The van der Waals surface area contributed by atoms with E-state index < -0.39 is 0 Å². The van der Waals surface area contributed by atoms with E-state index in [4.69, 9.17) is 4.74 Å². The molecule has 0 aromatic heterocycles. The van der Waals surface area contributed by atoms with Crippen LogP contribution in [0, 0.1) is 0 Å². The summed E-state index contributed by atoms with van der Waals surface area (Å²) in [7, 11) is 1.35. The topological polar surface area (TPSA) is 55.8 Å². The lowest BCUT2D eigenvalue weighted by Crippen LogP contribution is -2.40. The van der Waals surface area contributed by atoms with Crippen molar-refractivity contribution in [3.05, 3.63) is 30.3 Å². The molecule has 1 rings (SSSR count). The number of hydrogen-bond acceptors (Lipinski definition) is 4. The average Bonchev–Trinajstić information content (AvgIpc) is 2.55. The number of amides is 1. The van der Waals surface area contributed by atoms with Crippen LogP contribution in [0.25, 0.3) is 0 Å². The van der Waals surface area contributed by atoms with E-state index in [1.807, 2.05) is 44.2 Å². The number of carbonyl (C=O) groups excluding carboxylic acids is 2. The van der Waals surface area contributed by atoms with Gasteiger partial charge in [0, 0.05) is 12.6 Å². The minimum atomic E-state index is -0.304. The first-order valence-electron chi connectivity index (χ1n) is 7.62. The van der Waals surface area contributed by atoms with Crippen LogP contribution >= 0.6 is 0 Å². The van der Waals surface area contributed by atoms with Gasteiger partial charge in [-0.2, -0.15) is 0 Å². The number of ether oxygens (including phenoxy) is 2. The third-order valence-corrected chi connectivity index (χ3v) is 3.56. The molecule has 0 saturated carbocycles. The highest BCUT2D eigenvalue weighted by atomic mass is 16.5. The van der Waals surface area contributed by atoms with Crippen LogP contribution in [0.1, 0.15) is 33.1 Å². The molecular formula is C17H25NO4. The van der Waals surface area contributed by atoms with Gasteiger partial charge in [0.2, 0.25) is 5.91 Å². The zero-order valence-electron chi connectivity index (χ0n) is 13.6. The van der Waals surface area contributed by atoms with Crippen molar-refractivity contribution in [1.29, 1.82) is 0 Å². The van der Waals surface area contributed by atoms with Crippen molar-refractivity contribution < 1.29 is 19.1 Å². The maximum Gasteiger partial charge on any atom is 0.307 e. The fourth-order valence-corrected chi connectivity index (χ4v) is 2.04. The van der Waals surface area contributed by atoms with Gasteiger partial charge in [-0.05, 0) is 25.5 Å². The SMILES string of the molecule is CCC(C)N(CCC(=O)OC)C(=O)CCOc1ccccc1. The number of hydrogen-bond donors (Lipinski definition) is 0. The molecule has 1 aromatic carbocycles. The predicted octanol–water partition coefficient (Wildman–Crippen LogP) is 2.65. The number of esters is 1. The number of nitrogens with zero attached hydrogens (tertiary/aromatic N) is 1. The molecule has 0 aliphatic carbocycles. The van der Waals surface area contributed by atoms with E-state index in [0.29, 0.717) is 19.6 Å². The molecule has 0 saturated heterocycles. The molecule has 0 N–H and O–H groups in total. The molecule has 22 heavy (non-hydrogen) atoms. The van der Waals surface area contributed by atoms with Crippen molar-refractivity contribution >= 4 is 11.9 Å². The lowest BCUT2D eigenvalue weighted by Gasteiger charge is -2.28. The van der Waals surface area contributed by atoms with Crippen LogP contribution in [0.4, 0.5) is 0 Å². The summed E-state index contributed by atoms with van der Waals surface area (Å²) >= 11 is 0. The highest BCUT2D eigenvalue weighted by Gasteiger charge is 2.19. The van der Waals surface area contributed by atoms with Gasteiger partial charge in [0.05, 0.1) is 26.6 Å². The fourth-order valence-electron chi connectivity index (χ4n) is 2.04. The summed E-state index contributed by atoms with van der Waals surface area (Å²) in [6.07, 6.45) is 1.35. The lowest BCUT2D eigenvalue weighted by molar-refractivity contribution is -0.142. The van der Waals surface area contributed by atoms with Gasteiger partial charge in [-0.25, -0.2) is 0 Å². The lowest BCUT2D eigenvalue weighted by atomic mass is 10.2. The summed E-state index contributed by atoms with van der Waals surface area (Å²) in [6.45, 7) is 4.71. The highest BCUT2D eigenvalue weighted by Crippen LogP contribution is 2.11. The first kappa shape index (κ1) is 18.0. The Kier molecular flexibility index (Phi) is 8.04. The zero-order valence-corrected chi connectivity index (χ0v) is 13.6. The molecule has 5 heteroatoms. The minimum absolute atomic E-state index is 0.00539. The smallest absolute Gasteiger partial charge is 0.307 e. The molecule has 0 fully saturated rings. The molecule has 122 valence electrons. The van der Waals surface area contributed by atoms with E-state index in [0.717, 1.165) is 12.2 Å². The van der Waals surface area contributed by atoms with Crippen LogP contribution in [-0.2, 0) is 14.3 Å². The summed E-state index contributed by atoms with van der Waals surface area (Å²) in [4.78, 5) is 25.3. The molecule has 1 amide bonds. The van der Waals surface area contributed by atoms with Gasteiger partial charge in [-0.15, -0.1) is 0 Å². The first-order valence-corrected chi connectivity index (χ1v) is 7.62. The van der Waals surface area contributed by atoms with Crippen LogP contribution in [0.3, 0.4) is 0 Å². The second kappa shape index (κ2) is 9.82. The third kappa shape index (κ3) is 6.16. The van der Waals surface area contributed by atoms with Crippen molar-refractivity contribution in [3.63, 3.8) is 0 Å². The number of benzene rings is 1. The van der Waals surface area contributed by atoms with Gasteiger partial charge in [0.15, 0.2) is 0 Å². The Morgan fingerprint density at radius 2 is 1.86 bits per heavy atom. The maximum atomic E-state index is 12.3. The summed E-state index contributed by atoms with van der Waals surface area (Å²) < 4.78 is 10.2. The molecule has 0 bridgehead atoms. The quantitative estimate of drug-likeness (QED) is 0.658. The van der Waals surface area contributed by atoms with E-state index in [2.05, 4.69) is 4.74 Å². The minimum Gasteiger partial charge on any atom is -0.493 e. The summed E-state index contributed by atoms with van der Waals surface area (Å²) in [5.41, 5.74) is 0. The molecule has 1 atom stereocenters. The Bertz CT molecular complexity index is 461. The molecule has 1 aromatic rings. The Morgan fingerprint density at radius 1 is 1.18 bits per heavy atom. The second-order valence-electron chi connectivity index (χ2n) is 5.08. The van der Waals surface area contributed by atoms with E-state index in [9.17, 15) is 9.59 Å². The van der Waals surface area contributed by atoms with Crippen LogP contribution in [-0.4, -0.2) is 43.1 Å². The van der Waals surface area contributed by atoms with E-state index in [-0.39, 0.29) is 24.3 Å².